The largest absolute Gasteiger partial charge is 0.472 e. The lowest BCUT2D eigenvalue weighted by atomic mass is 10.0. The number of phosphoric ester groups is 1. The molecule has 9 heteroatoms. The number of carbonyl (C=O) groups is 1. The molecule has 3 atom stereocenters. The third-order valence-corrected chi connectivity index (χ3v) is 10.2. The summed E-state index contributed by atoms with van der Waals surface area (Å²) < 4.78 is 23.4. The zero-order valence-corrected chi connectivity index (χ0v) is 34.7. The molecule has 51 heavy (non-hydrogen) atoms. The molecule has 0 fully saturated rings. The van der Waals surface area contributed by atoms with E-state index in [9.17, 15) is 19.4 Å². The molecule has 3 N–H and O–H groups in total. The predicted molar refractivity (Wildman–Crippen MR) is 217 cm³/mol. The summed E-state index contributed by atoms with van der Waals surface area (Å²) in [7, 11) is 1.54. The van der Waals surface area contributed by atoms with Crippen LogP contribution in [0.2, 0.25) is 0 Å². The van der Waals surface area contributed by atoms with Crippen molar-refractivity contribution in [3.05, 3.63) is 36.5 Å². The summed E-state index contributed by atoms with van der Waals surface area (Å²) in [5.41, 5.74) is 0. The predicted octanol–water partition coefficient (Wildman–Crippen LogP) is 11.1. The van der Waals surface area contributed by atoms with Crippen molar-refractivity contribution in [3.63, 3.8) is 0 Å². The first-order valence-electron chi connectivity index (χ1n) is 20.8. The highest BCUT2D eigenvalue weighted by atomic mass is 31.2. The highest BCUT2D eigenvalue weighted by Gasteiger charge is 2.27. The van der Waals surface area contributed by atoms with Crippen LogP contribution < -0.4 is 5.32 Å². The van der Waals surface area contributed by atoms with Gasteiger partial charge in [-0.25, -0.2) is 4.57 Å². The van der Waals surface area contributed by atoms with Crippen molar-refractivity contribution in [1.82, 2.24) is 5.32 Å². The Balaban J connectivity index is 4.29. The summed E-state index contributed by atoms with van der Waals surface area (Å²) in [5.74, 6) is -0.193. The van der Waals surface area contributed by atoms with Gasteiger partial charge in [-0.15, -0.1) is 0 Å². The molecule has 8 nitrogen and oxygen atoms in total. The molecular weight excluding hydrogens is 659 g/mol. The number of rotatable bonds is 37. The minimum Gasteiger partial charge on any atom is -0.387 e. The maximum atomic E-state index is 12.8. The number of phosphoric acid groups is 1. The molecule has 0 aromatic carbocycles. The molecule has 0 bridgehead atoms. The molecule has 3 unspecified atom stereocenters. The van der Waals surface area contributed by atoms with Crippen molar-refractivity contribution in [3.8, 4) is 0 Å². The number of hydrogen-bond donors (Lipinski definition) is 3. The van der Waals surface area contributed by atoms with Crippen LogP contribution in [-0.4, -0.2) is 73.4 Å². The topological polar surface area (TPSA) is 105 Å². The van der Waals surface area contributed by atoms with Crippen LogP contribution in [0.25, 0.3) is 0 Å². The molecule has 0 aliphatic rings. The highest BCUT2D eigenvalue weighted by molar-refractivity contribution is 7.47. The molecule has 0 rings (SSSR count). The van der Waals surface area contributed by atoms with Crippen LogP contribution in [0.3, 0.4) is 0 Å². The van der Waals surface area contributed by atoms with Crippen LogP contribution in [0.4, 0.5) is 0 Å². The van der Waals surface area contributed by atoms with Crippen LogP contribution in [0.15, 0.2) is 36.5 Å². The molecular formula is C42H82N2O6P+. The Labute approximate surface area is 315 Å². The molecule has 300 valence electrons. The Morgan fingerprint density at radius 3 is 1.57 bits per heavy atom. The number of nitrogens with one attached hydrogen (secondary N) is 1. The molecule has 0 heterocycles. The minimum absolute atomic E-state index is 0.0540. The number of unbranched alkanes of at least 4 members (excludes halogenated alkanes) is 21. The Bertz CT molecular complexity index is 933. The molecule has 0 saturated carbocycles. The van der Waals surface area contributed by atoms with Gasteiger partial charge in [-0.1, -0.05) is 165 Å². The molecule has 0 radical (unpaired) electrons. The van der Waals surface area contributed by atoms with E-state index in [1.54, 1.807) is 6.08 Å². The maximum Gasteiger partial charge on any atom is 0.472 e. The Hall–Kier alpha value is -1.28. The van der Waals surface area contributed by atoms with Gasteiger partial charge in [0.25, 0.3) is 0 Å². The van der Waals surface area contributed by atoms with Crippen molar-refractivity contribution >= 4 is 13.7 Å². The quantitative estimate of drug-likeness (QED) is 0.0253. The molecule has 0 aromatic heterocycles. The molecule has 1 amide bonds. The van der Waals surface area contributed by atoms with Gasteiger partial charge in [0, 0.05) is 6.42 Å². The molecule has 0 spiro atoms. The molecule has 0 aromatic rings. The minimum atomic E-state index is -4.34. The zero-order chi connectivity index (χ0) is 37.9. The smallest absolute Gasteiger partial charge is 0.387 e. The average molecular weight is 742 g/mol. The Morgan fingerprint density at radius 2 is 1.12 bits per heavy atom. The maximum absolute atomic E-state index is 12.8. The third-order valence-electron chi connectivity index (χ3n) is 9.19. The van der Waals surface area contributed by atoms with Gasteiger partial charge in [-0.05, 0) is 39.0 Å². The van der Waals surface area contributed by atoms with E-state index in [1.165, 1.54) is 109 Å². The van der Waals surface area contributed by atoms with Crippen LogP contribution in [0.5, 0.6) is 0 Å². The summed E-state index contributed by atoms with van der Waals surface area (Å²) in [6.45, 7) is 4.55. The fraction of sp³-hybridized carbons (Fsp3) is 0.833. The second-order valence-corrected chi connectivity index (χ2v) is 16.8. The first kappa shape index (κ1) is 49.7. The SMILES string of the molecule is C/C=C/CC/C=C/CC/C=C/C(O)C(COP(=O)(O)OCC[N+](C)(C)C)NC(=O)CCCCCCCCCCCCCCCCCCCCCC. The van der Waals surface area contributed by atoms with Gasteiger partial charge in [-0.2, -0.15) is 0 Å². The highest BCUT2D eigenvalue weighted by Crippen LogP contribution is 2.43. The second-order valence-electron chi connectivity index (χ2n) is 15.4. The molecule has 0 saturated heterocycles. The number of aliphatic hydroxyl groups is 1. The van der Waals surface area contributed by atoms with E-state index in [0.717, 1.165) is 44.9 Å². The van der Waals surface area contributed by atoms with Crippen molar-refractivity contribution in [2.45, 2.75) is 187 Å². The monoisotopic (exact) mass is 742 g/mol. The zero-order valence-electron chi connectivity index (χ0n) is 33.8. The molecule has 0 aliphatic carbocycles. The average Bonchev–Trinajstić information content (AvgIpc) is 3.07. The number of quaternary nitrogens is 1. The standard InChI is InChI=1S/C42H81N2O6P/c1-6-8-10-12-14-16-17-18-19-20-21-22-23-24-25-26-28-30-32-34-36-42(46)43-40(39-50-51(47,48)49-38-37-44(3,4)5)41(45)35-33-31-29-27-15-13-11-9-7-2/h7,9,15,27,33,35,40-41,45H,6,8,10-14,16-26,28-32,34,36-39H2,1-5H3,(H-,43,46,47,48)/p+1/b9-7+,27-15+,35-33+. The summed E-state index contributed by atoms with van der Waals surface area (Å²) in [6, 6.07) is -0.863. The lowest BCUT2D eigenvalue weighted by Gasteiger charge is -2.25. The van der Waals surface area contributed by atoms with E-state index in [-0.39, 0.29) is 19.1 Å². The van der Waals surface area contributed by atoms with Crippen LogP contribution >= 0.6 is 7.82 Å². The van der Waals surface area contributed by atoms with Gasteiger partial charge in [0.05, 0.1) is 39.9 Å². The van der Waals surface area contributed by atoms with Gasteiger partial charge in [0.1, 0.15) is 13.2 Å². The summed E-state index contributed by atoms with van der Waals surface area (Å²) in [5, 5.41) is 13.7. The van der Waals surface area contributed by atoms with Gasteiger partial charge in [-0.3, -0.25) is 13.8 Å². The first-order valence-corrected chi connectivity index (χ1v) is 22.3. The van der Waals surface area contributed by atoms with Crippen LogP contribution in [-0.2, 0) is 18.4 Å². The third kappa shape index (κ3) is 36.9. The van der Waals surface area contributed by atoms with Gasteiger partial charge in [0.2, 0.25) is 5.91 Å². The Kier molecular flexibility index (Phi) is 33.6. The molecule has 0 aliphatic heterocycles. The number of likely N-dealkylation sites (N-methyl/N-ethyl adjacent to an activating group) is 1. The number of allylic oxidation sites excluding steroid dienone is 5. The van der Waals surface area contributed by atoms with Crippen LogP contribution in [0.1, 0.15) is 174 Å². The van der Waals surface area contributed by atoms with E-state index in [0.29, 0.717) is 17.4 Å². The fourth-order valence-corrected chi connectivity index (χ4v) is 6.58. The van der Waals surface area contributed by atoms with E-state index >= 15 is 0 Å². The van der Waals surface area contributed by atoms with Crippen molar-refractivity contribution in [2.24, 2.45) is 0 Å². The van der Waals surface area contributed by atoms with Crippen molar-refractivity contribution in [2.75, 3.05) is 40.9 Å². The Morgan fingerprint density at radius 1 is 0.686 bits per heavy atom. The second kappa shape index (κ2) is 34.5. The van der Waals surface area contributed by atoms with E-state index in [2.05, 4.69) is 30.5 Å². The summed E-state index contributed by atoms with van der Waals surface area (Å²) >= 11 is 0. The van der Waals surface area contributed by atoms with E-state index in [4.69, 9.17) is 9.05 Å². The van der Waals surface area contributed by atoms with E-state index in [1.807, 2.05) is 40.2 Å². The number of hydrogen-bond acceptors (Lipinski definition) is 5. The lowest BCUT2D eigenvalue weighted by molar-refractivity contribution is -0.870. The number of amides is 1. The first-order chi connectivity index (χ1) is 24.5. The van der Waals surface area contributed by atoms with Crippen molar-refractivity contribution < 1.29 is 32.9 Å². The lowest BCUT2D eigenvalue weighted by Crippen LogP contribution is -2.45. The van der Waals surface area contributed by atoms with Crippen LogP contribution in [0, 0.1) is 0 Å². The fourth-order valence-electron chi connectivity index (χ4n) is 5.84. The number of aliphatic hydroxyl groups excluding tert-OH is 1. The summed E-state index contributed by atoms with van der Waals surface area (Å²) in [4.78, 5) is 23.0. The number of carbonyl (C=O) groups excluding carboxylic acids is 1. The normalized spacial score (nSPS) is 14.9. The van der Waals surface area contributed by atoms with Crippen molar-refractivity contribution in [1.29, 1.82) is 0 Å². The van der Waals surface area contributed by atoms with E-state index < -0.39 is 20.0 Å². The van der Waals surface area contributed by atoms with Gasteiger partial charge >= 0.3 is 7.82 Å². The van der Waals surface area contributed by atoms with Gasteiger partial charge in [0.15, 0.2) is 0 Å². The number of nitrogens with zero attached hydrogens (tertiary/aromatic N) is 1. The summed E-state index contributed by atoms with van der Waals surface area (Å²) in [6.07, 6.45) is 41.0. The van der Waals surface area contributed by atoms with Gasteiger partial charge < -0.3 is 19.8 Å².